The van der Waals surface area contributed by atoms with Crippen molar-refractivity contribution in [3.63, 3.8) is 0 Å². The minimum atomic E-state index is 0.108. The largest absolute Gasteiger partial charge is 0.383 e. The summed E-state index contributed by atoms with van der Waals surface area (Å²) in [5.41, 5.74) is 5.55. The number of amides is 1. The molecule has 0 saturated heterocycles. The van der Waals surface area contributed by atoms with E-state index in [-0.39, 0.29) is 11.9 Å². The van der Waals surface area contributed by atoms with Crippen LogP contribution in [0.1, 0.15) is 46.5 Å². The number of ether oxygens (including phenoxy) is 1. The van der Waals surface area contributed by atoms with Gasteiger partial charge in [-0.1, -0.05) is 27.2 Å². The van der Waals surface area contributed by atoms with Gasteiger partial charge in [0.2, 0.25) is 5.91 Å². The quantitative estimate of drug-likeness (QED) is 0.629. The van der Waals surface area contributed by atoms with Crippen LogP contribution in [0.4, 0.5) is 0 Å². The van der Waals surface area contributed by atoms with E-state index in [1.807, 2.05) is 0 Å². The van der Waals surface area contributed by atoms with Gasteiger partial charge in [-0.05, 0) is 31.2 Å². The molecule has 0 aliphatic rings. The first-order chi connectivity index (χ1) is 8.54. The second kappa shape index (κ2) is 10.3. The maximum absolute atomic E-state index is 11.9. The van der Waals surface area contributed by atoms with Gasteiger partial charge in [0.05, 0.1) is 12.6 Å². The molecule has 0 bridgehead atoms. The first-order valence-electron chi connectivity index (χ1n) is 7.03. The Labute approximate surface area is 112 Å². The lowest BCUT2D eigenvalue weighted by atomic mass is 9.96. The fraction of sp³-hybridized carbons (Fsp3) is 0.929. The fourth-order valence-corrected chi connectivity index (χ4v) is 1.98. The standard InChI is InChI=1S/C14H30N2O2/c1-5-12(8-9-15)6-7-14(17)16-13(10-18-4)11(2)3/h11-13H,5-10,15H2,1-4H3,(H,16,17). The molecule has 0 fully saturated rings. The molecule has 0 aromatic rings. The molecular formula is C14H30N2O2. The molecule has 108 valence electrons. The van der Waals surface area contributed by atoms with Gasteiger partial charge < -0.3 is 15.8 Å². The number of hydrogen-bond acceptors (Lipinski definition) is 3. The van der Waals surface area contributed by atoms with Gasteiger partial charge in [-0.3, -0.25) is 4.79 Å². The summed E-state index contributed by atoms with van der Waals surface area (Å²) in [6.07, 6.45) is 3.62. The highest BCUT2D eigenvalue weighted by Crippen LogP contribution is 2.14. The Balaban J connectivity index is 4.00. The molecule has 4 heteroatoms. The van der Waals surface area contributed by atoms with Crippen molar-refractivity contribution in [2.24, 2.45) is 17.6 Å². The highest BCUT2D eigenvalue weighted by molar-refractivity contribution is 5.76. The fourth-order valence-electron chi connectivity index (χ4n) is 1.98. The number of carbonyl (C=O) groups is 1. The SMILES string of the molecule is CCC(CCN)CCC(=O)NC(COC)C(C)C. The van der Waals surface area contributed by atoms with E-state index in [4.69, 9.17) is 10.5 Å². The van der Waals surface area contributed by atoms with Crippen LogP contribution in [0, 0.1) is 11.8 Å². The summed E-state index contributed by atoms with van der Waals surface area (Å²) < 4.78 is 5.12. The average molecular weight is 258 g/mol. The Morgan fingerprint density at radius 3 is 2.44 bits per heavy atom. The van der Waals surface area contributed by atoms with E-state index >= 15 is 0 Å². The second-order valence-corrected chi connectivity index (χ2v) is 5.26. The summed E-state index contributed by atoms with van der Waals surface area (Å²) >= 11 is 0. The molecule has 2 unspecified atom stereocenters. The number of nitrogens with two attached hydrogens (primary N) is 1. The third-order valence-electron chi connectivity index (χ3n) is 3.43. The van der Waals surface area contributed by atoms with Crippen molar-refractivity contribution in [1.29, 1.82) is 0 Å². The molecule has 0 rings (SSSR count). The van der Waals surface area contributed by atoms with Crippen molar-refractivity contribution in [1.82, 2.24) is 5.32 Å². The van der Waals surface area contributed by atoms with Crippen LogP contribution in [0.2, 0.25) is 0 Å². The van der Waals surface area contributed by atoms with Gasteiger partial charge in [-0.25, -0.2) is 0 Å². The van der Waals surface area contributed by atoms with E-state index in [0.717, 1.165) is 19.3 Å². The zero-order chi connectivity index (χ0) is 14.0. The lowest BCUT2D eigenvalue weighted by molar-refractivity contribution is -0.122. The molecule has 0 aliphatic heterocycles. The van der Waals surface area contributed by atoms with Crippen LogP contribution >= 0.6 is 0 Å². The Morgan fingerprint density at radius 1 is 1.33 bits per heavy atom. The Hall–Kier alpha value is -0.610. The molecule has 0 saturated carbocycles. The molecule has 0 aliphatic carbocycles. The highest BCUT2D eigenvalue weighted by atomic mass is 16.5. The summed E-state index contributed by atoms with van der Waals surface area (Å²) in [6, 6.07) is 0.108. The topological polar surface area (TPSA) is 64.4 Å². The first-order valence-corrected chi connectivity index (χ1v) is 7.03. The van der Waals surface area contributed by atoms with Crippen molar-refractivity contribution in [3.8, 4) is 0 Å². The van der Waals surface area contributed by atoms with Crippen LogP contribution in [0.25, 0.3) is 0 Å². The minimum Gasteiger partial charge on any atom is -0.383 e. The molecule has 18 heavy (non-hydrogen) atoms. The molecule has 4 nitrogen and oxygen atoms in total. The molecule has 2 atom stereocenters. The highest BCUT2D eigenvalue weighted by Gasteiger charge is 2.16. The van der Waals surface area contributed by atoms with Gasteiger partial charge in [-0.2, -0.15) is 0 Å². The maximum atomic E-state index is 11.9. The van der Waals surface area contributed by atoms with Crippen LogP contribution in [0.3, 0.4) is 0 Å². The van der Waals surface area contributed by atoms with Crippen molar-refractivity contribution in [3.05, 3.63) is 0 Å². The predicted octanol–water partition coefficient (Wildman–Crippen LogP) is 1.93. The molecule has 0 spiro atoms. The number of nitrogens with one attached hydrogen (secondary N) is 1. The van der Waals surface area contributed by atoms with E-state index in [1.165, 1.54) is 0 Å². The summed E-state index contributed by atoms with van der Waals surface area (Å²) in [7, 11) is 1.66. The summed E-state index contributed by atoms with van der Waals surface area (Å²) in [5.74, 6) is 1.09. The van der Waals surface area contributed by atoms with E-state index in [9.17, 15) is 4.79 Å². The van der Waals surface area contributed by atoms with Crippen molar-refractivity contribution < 1.29 is 9.53 Å². The summed E-state index contributed by atoms with van der Waals surface area (Å²) in [5, 5.41) is 3.04. The normalized spacial score (nSPS) is 14.6. The predicted molar refractivity (Wildman–Crippen MR) is 75.3 cm³/mol. The van der Waals surface area contributed by atoms with Crippen LogP contribution in [-0.4, -0.2) is 32.2 Å². The molecule has 0 aromatic heterocycles. The third-order valence-corrected chi connectivity index (χ3v) is 3.43. The van der Waals surface area contributed by atoms with Crippen LogP contribution < -0.4 is 11.1 Å². The Kier molecular flexibility index (Phi) is 9.98. The van der Waals surface area contributed by atoms with Crippen molar-refractivity contribution in [2.45, 2.75) is 52.5 Å². The zero-order valence-electron chi connectivity index (χ0n) is 12.4. The monoisotopic (exact) mass is 258 g/mol. The minimum absolute atomic E-state index is 0.108. The second-order valence-electron chi connectivity index (χ2n) is 5.26. The molecular weight excluding hydrogens is 228 g/mol. The molecule has 3 N–H and O–H groups in total. The van der Waals surface area contributed by atoms with Crippen molar-refractivity contribution in [2.75, 3.05) is 20.3 Å². The average Bonchev–Trinajstić information content (AvgIpc) is 2.33. The number of methoxy groups -OCH3 is 1. The molecule has 1 amide bonds. The molecule has 0 heterocycles. The third kappa shape index (κ3) is 7.67. The van der Waals surface area contributed by atoms with E-state index in [0.29, 0.717) is 31.4 Å². The van der Waals surface area contributed by atoms with Gasteiger partial charge in [0.1, 0.15) is 0 Å². The Morgan fingerprint density at radius 2 is 2.00 bits per heavy atom. The first kappa shape index (κ1) is 17.4. The van der Waals surface area contributed by atoms with Crippen LogP contribution in [-0.2, 0) is 9.53 Å². The molecule has 0 radical (unpaired) electrons. The van der Waals surface area contributed by atoms with Gasteiger partial charge in [0.15, 0.2) is 0 Å². The summed E-state index contributed by atoms with van der Waals surface area (Å²) in [6.45, 7) is 7.61. The van der Waals surface area contributed by atoms with E-state index < -0.39 is 0 Å². The zero-order valence-corrected chi connectivity index (χ0v) is 12.4. The number of hydrogen-bond donors (Lipinski definition) is 2. The lowest BCUT2D eigenvalue weighted by Gasteiger charge is -2.22. The van der Waals surface area contributed by atoms with Crippen LogP contribution in [0.15, 0.2) is 0 Å². The smallest absolute Gasteiger partial charge is 0.220 e. The number of carbonyl (C=O) groups excluding carboxylic acids is 1. The van der Waals surface area contributed by atoms with Gasteiger partial charge in [0.25, 0.3) is 0 Å². The van der Waals surface area contributed by atoms with Gasteiger partial charge >= 0.3 is 0 Å². The van der Waals surface area contributed by atoms with E-state index in [1.54, 1.807) is 7.11 Å². The van der Waals surface area contributed by atoms with Crippen LogP contribution in [0.5, 0.6) is 0 Å². The summed E-state index contributed by atoms with van der Waals surface area (Å²) in [4.78, 5) is 11.9. The Bertz CT molecular complexity index is 220. The van der Waals surface area contributed by atoms with E-state index in [2.05, 4.69) is 26.1 Å². The van der Waals surface area contributed by atoms with Crippen molar-refractivity contribution >= 4 is 5.91 Å². The van der Waals surface area contributed by atoms with Gasteiger partial charge in [0, 0.05) is 13.5 Å². The lowest BCUT2D eigenvalue weighted by Crippen LogP contribution is -2.41. The molecule has 0 aromatic carbocycles. The number of rotatable bonds is 10. The maximum Gasteiger partial charge on any atom is 0.220 e. The van der Waals surface area contributed by atoms with Gasteiger partial charge in [-0.15, -0.1) is 0 Å².